The van der Waals surface area contributed by atoms with Gasteiger partial charge < -0.3 is 23.4 Å². The topological polar surface area (TPSA) is 74.2 Å². The fourth-order valence-electron chi connectivity index (χ4n) is 13.1. The predicted octanol–water partition coefficient (Wildman–Crippen LogP) is 13.2. The summed E-state index contributed by atoms with van der Waals surface area (Å²) >= 11 is 0. The molecule has 0 aromatic heterocycles. The molecule has 3 fully saturated rings. The minimum absolute atomic E-state index is 0.0752. The summed E-state index contributed by atoms with van der Waals surface area (Å²) in [6, 6.07) is 44.0. The van der Waals surface area contributed by atoms with Crippen molar-refractivity contribution in [2.24, 2.45) is 22.7 Å². The summed E-state index contributed by atoms with van der Waals surface area (Å²) in [6.45, 7) is 31.7. The number of aliphatic hydroxyl groups excluding tert-OH is 1. The number of benzene rings is 4. The van der Waals surface area contributed by atoms with Gasteiger partial charge in [-0.1, -0.05) is 220 Å². The first kappa shape index (κ1) is 54.2. The third-order valence-electron chi connectivity index (χ3n) is 16.6. The molecule has 3 saturated carbocycles. The SMILES string of the molecule is C=C1/C(=C/C=C2\CCC[C@]3(C)[C@@H](C(C)(C)/C=C/C(O)C(C)(C)OC(=O)OCC)CC[C@@H]23)C[C@@H](O[Si](c2ccccc2)(c2ccccc2)C(C)(C)C)C[C@@H]1O[Si](c1ccccc1)(c1ccccc1)C(C)(C)C. The van der Waals surface area contributed by atoms with Crippen LogP contribution in [-0.2, 0) is 18.3 Å². The Kier molecular flexibility index (Phi) is 16.4. The maximum Gasteiger partial charge on any atom is 0.508 e. The van der Waals surface area contributed by atoms with E-state index in [1.165, 1.54) is 31.9 Å². The van der Waals surface area contributed by atoms with Crippen molar-refractivity contribution in [2.45, 2.75) is 162 Å². The molecule has 0 amide bonds. The Morgan fingerprint density at radius 1 is 0.732 bits per heavy atom. The van der Waals surface area contributed by atoms with Crippen LogP contribution in [0.2, 0.25) is 10.1 Å². The summed E-state index contributed by atoms with van der Waals surface area (Å²) < 4.78 is 26.7. The van der Waals surface area contributed by atoms with Gasteiger partial charge in [0.1, 0.15) is 11.7 Å². The molecule has 6 atom stereocenters. The van der Waals surface area contributed by atoms with E-state index in [9.17, 15) is 9.90 Å². The van der Waals surface area contributed by atoms with Crippen LogP contribution in [0.1, 0.15) is 128 Å². The second-order valence-electron chi connectivity index (χ2n) is 24.1. The van der Waals surface area contributed by atoms with Gasteiger partial charge >= 0.3 is 6.16 Å². The number of aliphatic hydroxyl groups is 1. The second-order valence-corrected chi connectivity index (χ2v) is 32.6. The number of fused-ring (bicyclic) bond motifs is 1. The highest BCUT2D eigenvalue weighted by molar-refractivity contribution is 7.00. The van der Waals surface area contributed by atoms with Crippen LogP contribution in [0.3, 0.4) is 0 Å². The van der Waals surface area contributed by atoms with Crippen molar-refractivity contribution in [1.82, 2.24) is 0 Å². The number of hydrogen-bond acceptors (Lipinski definition) is 6. The number of rotatable bonds is 15. The standard InChI is InChI=1S/C63H84O6Si2/c1-14-66-58(65)67-62(11,12)57(64)41-43-61(9,10)56-40-39-54-47(28-27-42-63(54,56)13)37-38-48-44-49(68-70(59(3,4)5,50-29-19-15-20-30-50)51-31-21-16-22-32-51)45-55(46(48)2)69-71(60(6,7)8,52-33-23-17-24-34-52)53-35-25-18-26-36-53/h15-26,29-38,41,43,49,54-57,64H,2,14,27-28,39-40,42,44-45H2,1,3-13H3/b43-41+,47-37+,48-38+/t49-,54+,55+,56-,57?,63+/m1/s1. The van der Waals surface area contributed by atoms with E-state index in [0.29, 0.717) is 18.3 Å². The van der Waals surface area contributed by atoms with Crippen molar-refractivity contribution in [1.29, 1.82) is 0 Å². The number of carbonyl (C=O) groups is 1. The van der Waals surface area contributed by atoms with Crippen LogP contribution in [0.25, 0.3) is 0 Å². The zero-order valence-corrected chi connectivity index (χ0v) is 47.1. The molecule has 4 aromatic carbocycles. The van der Waals surface area contributed by atoms with Crippen LogP contribution in [0.15, 0.2) is 169 Å². The largest absolute Gasteiger partial charge is 0.508 e. The van der Waals surface area contributed by atoms with E-state index in [0.717, 1.165) is 44.1 Å². The average molecular weight is 994 g/mol. The van der Waals surface area contributed by atoms with Gasteiger partial charge in [-0.2, -0.15) is 0 Å². The molecule has 6 nitrogen and oxygen atoms in total. The van der Waals surface area contributed by atoms with Gasteiger partial charge in [0.2, 0.25) is 0 Å². The van der Waals surface area contributed by atoms with E-state index >= 15 is 0 Å². The summed E-state index contributed by atoms with van der Waals surface area (Å²) in [4.78, 5) is 12.2. The lowest BCUT2D eigenvalue weighted by molar-refractivity contribution is -0.0660. The minimum Gasteiger partial charge on any atom is -0.435 e. The molecule has 0 radical (unpaired) electrons. The summed E-state index contributed by atoms with van der Waals surface area (Å²) in [5.41, 5.74) is 2.52. The molecule has 1 unspecified atom stereocenters. The van der Waals surface area contributed by atoms with Gasteiger partial charge in [-0.15, -0.1) is 0 Å². The van der Waals surface area contributed by atoms with Gasteiger partial charge in [0.05, 0.1) is 18.8 Å². The van der Waals surface area contributed by atoms with Gasteiger partial charge in [-0.3, -0.25) is 0 Å². The molecule has 8 heteroatoms. The molecule has 0 bridgehead atoms. The molecule has 0 aliphatic heterocycles. The molecule has 1 N–H and O–H groups in total. The number of allylic oxidation sites excluding steroid dienone is 4. The van der Waals surface area contributed by atoms with Crippen molar-refractivity contribution >= 4 is 43.5 Å². The highest BCUT2D eigenvalue weighted by Crippen LogP contribution is 2.62. The maximum atomic E-state index is 12.2. The second kappa shape index (κ2) is 21.5. The molecule has 380 valence electrons. The van der Waals surface area contributed by atoms with E-state index in [2.05, 4.69) is 202 Å². The lowest BCUT2D eigenvalue weighted by Crippen LogP contribution is -2.69. The lowest BCUT2D eigenvalue weighted by atomic mass is 9.57. The van der Waals surface area contributed by atoms with Gasteiger partial charge in [-0.05, 0) is 124 Å². The molecular formula is C63H84O6Si2. The van der Waals surface area contributed by atoms with Crippen molar-refractivity contribution in [2.75, 3.05) is 6.61 Å². The van der Waals surface area contributed by atoms with E-state index in [1.54, 1.807) is 20.8 Å². The Morgan fingerprint density at radius 2 is 1.21 bits per heavy atom. The molecule has 3 aliphatic rings. The summed E-state index contributed by atoms with van der Waals surface area (Å²) in [5, 5.41) is 15.9. The first-order valence-corrected chi connectivity index (χ1v) is 30.2. The molecular weight excluding hydrogens is 909 g/mol. The fourth-order valence-corrected chi connectivity index (χ4v) is 22.4. The first-order valence-electron chi connectivity index (χ1n) is 26.4. The van der Waals surface area contributed by atoms with Crippen LogP contribution in [0, 0.1) is 22.7 Å². The van der Waals surface area contributed by atoms with Gasteiger partial charge in [0.15, 0.2) is 0 Å². The third-order valence-corrected chi connectivity index (χ3v) is 26.7. The fraction of sp³-hybridized carbons (Fsp3) is 0.476. The quantitative estimate of drug-likeness (QED) is 0.0727. The molecule has 4 aromatic rings. The molecule has 0 heterocycles. The van der Waals surface area contributed by atoms with E-state index in [1.807, 2.05) is 6.08 Å². The van der Waals surface area contributed by atoms with E-state index < -0.39 is 34.5 Å². The van der Waals surface area contributed by atoms with Crippen molar-refractivity contribution < 1.29 is 28.2 Å². The number of carbonyl (C=O) groups excluding carboxylic acids is 1. The minimum atomic E-state index is -3.00. The van der Waals surface area contributed by atoms with E-state index in [-0.39, 0.29) is 39.7 Å². The normalized spacial score (nSPS) is 24.3. The third kappa shape index (κ3) is 11.0. The van der Waals surface area contributed by atoms with Crippen LogP contribution in [-0.4, -0.2) is 58.4 Å². The highest BCUT2D eigenvalue weighted by atomic mass is 28.4. The number of hydrogen-bond donors (Lipinski definition) is 1. The average Bonchev–Trinajstić information content (AvgIpc) is 3.70. The van der Waals surface area contributed by atoms with Crippen LogP contribution in [0.4, 0.5) is 4.79 Å². The van der Waals surface area contributed by atoms with Gasteiger partial charge in [-0.25, -0.2) is 4.79 Å². The number of ether oxygens (including phenoxy) is 2. The zero-order valence-electron chi connectivity index (χ0n) is 45.1. The summed E-state index contributed by atoms with van der Waals surface area (Å²) in [7, 11) is -5.95. The smallest absolute Gasteiger partial charge is 0.435 e. The first-order chi connectivity index (χ1) is 33.5. The monoisotopic (exact) mass is 993 g/mol. The molecule has 7 rings (SSSR count). The summed E-state index contributed by atoms with van der Waals surface area (Å²) in [5.74, 6) is 0.830. The zero-order chi connectivity index (χ0) is 51.5. The Morgan fingerprint density at radius 3 is 1.68 bits per heavy atom. The van der Waals surface area contributed by atoms with Gasteiger partial charge in [0, 0.05) is 6.42 Å². The van der Waals surface area contributed by atoms with Crippen LogP contribution in [0.5, 0.6) is 0 Å². The summed E-state index contributed by atoms with van der Waals surface area (Å²) in [6.07, 6.45) is 13.7. The molecule has 0 spiro atoms. The lowest BCUT2D eigenvalue weighted by Gasteiger charge is -2.49. The van der Waals surface area contributed by atoms with E-state index in [4.69, 9.17) is 24.9 Å². The van der Waals surface area contributed by atoms with Crippen molar-refractivity contribution in [3.8, 4) is 0 Å². The Balaban J connectivity index is 1.29. The predicted molar refractivity (Wildman–Crippen MR) is 299 cm³/mol. The maximum absolute atomic E-state index is 12.2. The van der Waals surface area contributed by atoms with Crippen LogP contribution >= 0.6 is 0 Å². The van der Waals surface area contributed by atoms with Gasteiger partial charge in [0.25, 0.3) is 16.6 Å². The molecule has 0 saturated heterocycles. The highest BCUT2D eigenvalue weighted by Gasteiger charge is 2.56. The molecule has 71 heavy (non-hydrogen) atoms. The van der Waals surface area contributed by atoms with Crippen LogP contribution < -0.4 is 20.7 Å². The Hall–Kier alpha value is -4.58. The Labute approximate surface area is 429 Å². The van der Waals surface area contributed by atoms with Crippen molar-refractivity contribution in [3.05, 3.63) is 169 Å². The Bertz CT molecular complexity index is 2440. The molecule has 3 aliphatic carbocycles. The van der Waals surface area contributed by atoms with Crippen molar-refractivity contribution in [3.63, 3.8) is 0 Å².